The second kappa shape index (κ2) is 5.01. The molecule has 0 unspecified atom stereocenters. The van der Waals surface area contributed by atoms with Gasteiger partial charge in [-0.3, -0.25) is 9.69 Å². The van der Waals surface area contributed by atoms with E-state index in [1.54, 1.807) is 12.1 Å². The second-order valence-electron chi connectivity index (χ2n) is 3.94. The Labute approximate surface area is 108 Å². The molecule has 0 aliphatic carbocycles. The highest BCUT2D eigenvalue weighted by atomic mass is 19.2. The first-order valence-electron chi connectivity index (χ1n) is 5.43. The van der Waals surface area contributed by atoms with Crippen molar-refractivity contribution in [1.82, 2.24) is 4.98 Å². The van der Waals surface area contributed by atoms with Crippen molar-refractivity contribution >= 4 is 17.4 Å². The van der Waals surface area contributed by atoms with E-state index in [-0.39, 0.29) is 5.56 Å². The van der Waals surface area contributed by atoms with Crippen LogP contribution in [0.2, 0.25) is 0 Å². The Balaban J connectivity index is 2.28. The number of carbonyl (C=O) groups is 1. The van der Waals surface area contributed by atoms with Crippen LogP contribution < -0.4 is 10.6 Å². The van der Waals surface area contributed by atoms with E-state index >= 15 is 0 Å². The van der Waals surface area contributed by atoms with Gasteiger partial charge in [0.15, 0.2) is 11.6 Å². The SMILES string of the molecule is CN(C(=O)c1ccc(F)c(F)c1)c1ccc(N)cn1. The molecular weight excluding hydrogens is 252 g/mol. The van der Waals surface area contributed by atoms with Crippen LogP contribution in [0.5, 0.6) is 0 Å². The molecule has 1 amide bonds. The fourth-order valence-corrected chi connectivity index (χ4v) is 1.52. The summed E-state index contributed by atoms with van der Waals surface area (Å²) in [5, 5.41) is 0. The Bertz CT molecular complexity index is 614. The first kappa shape index (κ1) is 12.9. The number of nitrogens with two attached hydrogens (primary N) is 1. The number of halogens is 2. The average Bonchev–Trinajstić information content (AvgIpc) is 2.41. The molecule has 0 fully saturated rings. The number of aromatic nitrogens is 1. The van der Waals surface area contributed by atoms with Crippen molar-refractivity contribution < 1.29 is 13.6 Å². The lowest BCUT2D eigenvalue weighted by atomic mass is 10.2. The molecule has 0 bridgehead atoms. The third-order valence-corrected chi connectivity index (χ3v) is 2.59. The van der Waals surface area contributed by atoms with Crippen LogP contribution in [-0.4, -0.2) is 17.9 Å². The van der Waals surface area contributed by atoms with Crippen molar-refractivity contribution in [2.24, 2.45) is 0 Å². The van der Waals surface area contributed by atoms with Gasteiger partial charge in [-0.1, -0.05) is 0 Å². The number of benzene rings is 1. The van der Waals surface area contributed by atoms with Gasteiger partial charge in [0.2, 0.25) is 0 Å². The minimum Gasteiger partial charge on any atom is -0.397 e. The summed E-state index contributed by atoms with van der Waals surface area (Å²) < 4.78 is 25.9. The molecule has 1 heterocycles. The predicted molar refractivity (Wildman–Crippen MR) is 67.7 cm³/mol. The molecular formula is C13H11F2N3O. The van der Waals surface area contributed by atoms with Crippen LogP contribution in [0.4, 0.5) is 20.3 Å². The molecule has 0 saturated heterocycles. The number of carbonyl (C=O) groups excluding carboxylic acids is 1. The van der Waals surface area contributed by atoms with E-state index in [2.05, 4.69) is 4.98 Å². The molecule has 2 rings (SSSR count). The summed E-state index contributed by atoms with van der Waals surface area (Å²) in [4.78, 5) is 17.3. The molecule has 1 aromatic heterocycles. The van der Waals surface area contributed by atoms with E-state index in [9.17, 15) is 13.6 Å². The van der Waals surface area contributed by atoms with E-state index in [1.807, 2.05) is 0 Å². The summed E-state index contributed by atoms with van der Waals surface area (Å²) in [6.45, 7) is 0. The maximum atomic E-state index is 13.1. The summed E-state index contributed by atoms with van der Waals surface area (Å²) in [5.41, 5.74) is 6.00. The number of anilines is 2. The third-order valence-electron chi connectivity index (χ3n) is 2.59. The van der Waals surface area contributed by atoms with E-state index < -0.39 is 17.5 Å². The van der Waals surface area contributed by atoms with Crippen LogP contribution >= 0.6 is 0 Å². The van der Waals surface area contributed by atoms with E-state index in [0.717, 1.165) is 12.1 Å². The molecule has 0 saturated carbocycles. The minimum atomic E-state index is -1.07. The first-order chi connectivity index (χ1) is 8.99. The van der Waals surface area contributed by atoms with Crippen LogP contribution in [-0.2, 0) is 0 Å². The third kappa shape index (κ3) is 2.67. The van der Waals surface area contributed by atoms with Gasteiger partial charge in [0.1, 0.15) is 5.82 Å². The summed E-state index contributed by atoms with van der Waals surface area (Å²) in [6, 6.07) is 6.14. The standard InChI is InChI=1S/C13H11F2N3O/c1-18(12-5-3-9(16)7-17-12)13(19)8-2-4-10(14)11(15)6-8/h2-7H,16H2,1H3. The smallest absolute Gasteiger partial charge is 0.259 e. The van der Waals surface area contributed by atoms with Crippen LogP contribution in [0.1, 0.15) is 10.4 Å². The molecule has 6 heteroatoms. The molecule has 2 N–H and O–H groups in total. The van der Waals surface area contributed by atoms with Crippen LogP contribution in [0, 0.1) is 11.6 Å². The molecule has 19 heavy (non-hydrogen) atoms. The summed E-state index contributed by atoms with van der Waals surface area (Å²) in [7, 11) is 1.49. The fourth-order valence-electron chi connectivity index (χ4n) is 1.52. The monoisotopic (exact) mass is 263 g/mol. The predicted octanol–water partition coefficient (Wildman–Crippen LogP) is 2.22. The number of hydrogen-bond acceptors (Lipinski definition) is 3. The van der Waals surface area contributed by atoms with Gasteiger partial charge in [-0.05, 0) is 30.3 Å². The number of amides is 1. The molecule has 4 nitrogen and oxygen atoms in total. The molecule has 2 aromatic rings. The highest BCUT2D eigenvalue weighted by molar-refractivity contribution is 6.05. The van der Waals surface area contributed by atoms with Crippen molar-refractivity contribution in [3.05, 3.63) is 53.7 Å². The summed E-state index contributed by atoms with van der Waals surface area (Å²) in [6.07, 6.45) is 1.41. The summed E-state index contributed by atoms with van der Waals surface area (Å²) >= 11 is 0. The quantitative estimate of drug-likeness (QED) is 0.903. The number of rotatable bonds is 2. The van der Waals surface area contributed by atoms with Gasteiger partial charge in [-0.25, -0.2) is 13.8 Å². The van der Waals surface area contributed by atoms with Gasteiger partial charge >= 0.3 is 0 Å². The lowest BCUT2D eigenvalue weighted by Gasteiger charge is -2.16. The van der Waals surface area contributed by atoms with Gasteiger partial charge in [0.05, 0.1) is 11.9 Å². The molecule has 98 valence electrons. The Morgan fingerprint density at radius 1 is 1.21 bits per heavy atom. The largest absolute Gasteiger partial charge is 0.397 e. The molecule has 0 aliphatic rings. The molecule has 0 radical (unpaired) electrons. The Morgan fingerprint density at radius 2 is 1.95 bits per heavy atom. The van der Waals surface area contributed by atoms with Gasteiger partial charge in [0, 0.05) is 12.6 Å². The van der Waals surface area contributed by atoms with Crippen molar-refractivity contribution in [3.63, 3.8) is 0 Å². The van der Waals surface area contributed by atoms with Gasteiger partial charge in [-0.15, -0.1) is 0 Å². The van der Waals surface area contributed by atoms with Gasteiger partial charge < -0.3 is 5.73 Å². The molecule has 0 atom stereocenters. The zero-order valence-corrected chi connectivity index (χ0v) is 10.1. The van der Waals surface area contributed by atoms with Crippen molar-refractivity contribution in [2.75, 3.05) is 17.7 Å². The van der Waals surface area contributed by atoms with Gasteiger partial charge in [0.25, 0.3) is 5.91 Å². The lowest BCUT2D eigenvalue weighted by molar-refractivity contribution is 0.0991. The van der Waals surface area contributed by atoms with Crippen LogP contribution in [0.25, 0.3) is 0 Å². The Kier molecular flexibility index (Phi) is 3.41. The van der Waals surface area contributed by atoms with E-state index in [1.165, 1.54) is 24.2 Å². The minimum absolute atomic E-state index is 0.0417. The lowest BCUT2D eigenvalue weighted by Crippen LogP contribution is -2.27. The van der Waals surface area contributed by atoms with Crippen molar-refractivity contribution in [3.8, 4) is 0 Å². The number of nitrogen functional groups attached to an aromatic ring is 1. The number of hydrogen-bond donors (Lipinski definition) is 1. The van der Waals surface area contributed by atoms with Crippen LogP contribution in [0.3, 0.4) is 0 Å². The Hall–Kier alpha value is -2.50. The zero-order chi connectivity index (χ0) is 14.0. The maximum Gasteiger partial charge on any atom is 0.259 e. The first-order valence-corrected chi connectivity index (χ1v) is 5.43. The zero-order valence-electron chi connectivity index (χ0n) is 10.1. The Morgan fingerprint density at radius 3 is 2.53 bits per heavy atom. The highest BCUT2D eigenvalue weighted by Gasteiger charge is 2.16. The van der Waals surface area contributed by atoms with E-state index in [4.69, 9.17) is 5.73 Å². The second-order valence-corrected chi connectivity index (χ2v) is 3.94. The van der Waals surface area contributed by atoms with Crippen LogP contribution in [0.15, 0.2) is 36.5 Å². The molecule has 0 spiro atoms. The summed E-state index contributed by atoms with van der Waals surface area (Å²) in [5.74, 6) is -2.19. The molecule has 0 aliphatic heterocycles. The number of pyridine rings is 1. The number of nitrogens with zero attached hydrogens (tertiary/aromatic N) is 2. The topological polar surface area (TPSA) is 59.2 Å². The fraction of sp³-hybridized carbons (Fsp3) is 0.0769. The average molecular weight is 263 g/mol. The molecule has 1 aromatic carbocycles. The van der Waals surface area contributed by atoms with Crippen molar-refractivity contribution in [2.45, 2.75) is 0 Å². The van der Waals surface area contributed by atoms with Gasteiger partial charge in [-0.2, -0.15) is 0 Å². The highest BCUT2D eigenvalue weighted by Crippen LogP contribution is 2.15. The van der Waals surface area contributed by atoms with E-state index in [0.29, 0.717) is 11.5 Å². The maximum absolute atomic E-state index is 13.1. The van der Waals surface area contributed by atoms with Crippen molar-refractivity contribution in [1.29, 1.82) is 0 Å². The normalized spacial score (nSPS) is 10.3.